The van der Waals surface area contributed by atoms with Crippen molar-refractivity contribution in [1.29, 1.82) is 5.41 Å². The van der Waals surface area contributed by atoms with Crippen molar-refractivity contribution in [3.63, 3.8) is 0 Å². The van der Waals surface area contributed by atoms with E-state index >= 15 is 0 Å². The van der Waals surface area contributed by atoms with Crippen LogP contribution in [0, 0.1) is 23.2 Å². The number of pyridine rings is 1. The van der Waals surface area contributed by atoms with Gasteiger partial charge in [-0.05, 0) is 30.7 Å². The van der Waals surface area contributed by atoms with Crippen molar-refractivity contribution in [2.24, 2.45) is 22.7 Å². The van der Waals surface area contributed by atoms with E-state index in [4.69, 9.17) is 15.9 Å². The molecule has 6 nitrogen and oxygen atoms in total. The van der Waals surface area contributed by atoms with Gasteiger partial charge >= 0.3 is 6.18 Å². The van der Waals surface area contributed by atoms with Crippen LogP contribution in [-0.2, 0) is 10.9 Å². The Hall–Kier alpha value is -2.14. The van der Waals surface area contributed by atoms with Gasteiger partial charge in [0, 0.05) is 61.8 Å². The predicted molar refractivity (Wildman–Crippen MR) is 109 cm³/mol. The van der Waals surface area contributed by atoms with E-state index in [0.717, 1.165) is 38.2 Å². The average molecular weight is 459 g/mol. The van der Waals surface area contributed by atoms with E-state index < -0.39 is 30.5 Å². The third kappa shape index (κ3) is 4.63. The number of anilines is 1. The minimum Gasteiger partial charge on any atom is -0.383 e. The van der Waals surface area contributed by atoms with Crippen LogP contribution in [0.25, 0.3) is 0 Å². The maximum atomic E-state index is 13.1. The Balaban J connectivity index is 1.43. The Morgan fingerprint density at radius 1 is 1.31 bits per heavy atom. The van der Waals surface area contributed by atoms with Crippen molar-refractivity contribution in [2.75, 3.05) is 32.5 Å². The van der Waals surface area contributed by atoms with Gasteiger partial charge in [-0.25, -0.2) is 13.8 Å². The standard InChI is InChI=1S/C21H26F5N5O/c1-32-12-8-31(9-12)11-3-13-14(4-11)19(13)17(29-7-18(22)23)5-16(27)10-2-15(21(24,25)26)20(28)30-6-10/h2,6,11-14,18-19,27H,3-5,7-9H2,1H3,(H2,28,30). The van der Waals surface area contributed by atoms with Gasteiger partial charge in [-0.15, -0.1) is 0 Å². The number of likely N-dealkylation sites (tertiary alicyclic amines) is 1. The molecule has 3 N–H and O–H groups in total. The number of nitrogens with two attached hydrogens (primary N) is 1. The highest BCUT2D eigenvalue weighted by Gasteiger charge is 2.59. The lowest BCUT2D eigenvalue weighted by atomic mass is 9.95. The molecule has 0 amide bonds. The summed E-state index contributed by atoms with van der Waals surface area (Å²) in [5.41, 5.74) is 4.53. The van der Waals surface area contributed by atoms with E-state index in [9.17, 15) is 22.0 Å². The molecule has 1 aliphatic heterocycles. The molecule has 2 atom stereocenters. The summed E-state index contributed by atoms with van der Waals surface area (Å²) >= 11 is 0. The number of nitrogens with zero attached hydrogens (tertiary/aromatic N) is 3. The smallest absolute Gasteiger partial charge is 0.383 e. The van der Waals surface area contributed by atoms with E-state index in [1.165, 1.54) is 0 Å². The fraction of sp³-hybridized carbons (Fsp3) is 0.667. The fourth-order valence-corrected chi connectivity index (χ4v) is 5.14. The van der Waals surface area contributed by atoms with Gasteiger partial charge in [-0.3, -0.25) is 9.89 Å². The molecular weight excluding hydrogens is 433 g/mol. The summed E-state index contributed by atoms with van der Waals surface area (Å²) in [7, 11) is 1.69. The molecule has 2 saturated carbocycles. The van der Waals surface area contributed by atoms with E-state index in [1.54, 1.807) is 7.11 Å². The van der Waals surface area contributed by atoms with Gasteiger partial charge < -0.3 is 15.9 Å². The number of aliphatic imine (C=N–C) groups is 1. The summed E-state index contributed by atoms with van der Waals surface area (Å²) in [6.07, 6.45) is -4.14. The number of nitrogens with one attached hydrogen (secondary N) is 1. The van der Waals surface area contributed by atoms with Crippen molar-refractivity contribution in [1.82, 2.24) is 9.88 Å². The monoisotopic (exact) mass is 459 g/mol. The lowest BCUT2D eigenvalue weighted by molar-refractivity contribution is -0.137. The third-order valence-corrected chi connectivity index (χ3v) is 6.89. The molecule has 2 heterocycles. The SMILES string of the molecule is COC1CN(C2CC3C(C2)C3C(CC(=N)c2cnc(N)c(C(F)(F)F)c2)=NCC(F)F)C1. The first-order chi connectivity index (χ1) is 15.1. The fourth-order valence-electron chi connectivity index (χ4n) is 5.14. The van der Waals surface area contributed by atoms with Crippen molar-refractivity contribution in [3.8, 4) is 0 Å². The Labute approximate surface area is 182 Å². The Bertz CT molecular complexity index is 887. The second kappa shape index (κ2) is 8.66. The van der Waals surface area contributed by atoms with Crippen LogP contribution in [0.4, 0.5) is 27.8 Å². The molecule has 3 aliphatic rings. The zero-order valence-corrected chi connectivity index (χ0v) is 17.6. The summed E-state index contributed by atoms with van der Waals surface area (Å²) in [6.45, 7) is 1.12. The first-order valence-corrected chi connectivity index (χ1v) is 10.6. The van der Waals surface area contributed by atoms with Gasteiger partial charge in [0.2, 0.25) is 0 Å². The highest BCUT2D eigenvalue weighted by Crippen LogP contribution is 2.60. The number of methoxy groups -OCH3 is 1. The molecule has 0 aromatic carbocycles. The van der Waals surface area contributed by atoms with Crippen LogP contribution in [0.1, 0.15) is 30.4 Å². The van der Waals surface area contributed by atoms with Gasteiger partial charge in [0.25, 0.3) is 6.43 Å². The molecule has 2 aliphatic carbocycles. The molecule has 0 bridgehead atoms. The van der Waals surface area contributed by atoms with Crippen LogP contribution in [0.15, 0.2) is 17.3 Å². The highest BCUT2D eigenvalue weighted by atomic mass is 19.4. The number of hydrogen-bond acceptors (Lipinski definition) is 6. The summed E-state index contributed by atoms with van der Waals surface area (Å²) in [5.74, 6) is -0.0130. The molecule has 1 saturated heterocycles. The van der Waals surface area contributed by atoms with Gasteiger partial charge in [0.1, 0.15) is 5.82 Å². The van der Waals surface area contributed by atoms with E-state index in [0.29, 0.717) is 23.6 Å². The first kappa shape index (κ1) is 23.0. The van der Waals surface area contributed by atoms with Crippen LogP contribution in [0.3, 0.4) is 0 Å². The van der Waals surface area contributed by atoms with Crippen LogP contribution in [0.2, 0.25) is 0 Å². The predicted octanol–water partition coefficient (Wildman–Crippen LogP) is 3.50. The number of halogens is 5. The second-order valence-corrected chi connectivity index (χ2v) is 8.82. The van der Waals surface area contributed by atoms with E-state index in [-0.39, 0.29) is 29.7 Å². The zero-order chi connectivity index (χ0) is 23.2. The summed E-state index contributed by atoms with van der Waals surface area (Å²) in [4.78, 5) is 10.0. The Kier molecular flexibility index (Phi) is 6.23. The van der Waals surface area contributed by atoms with Gasteiger partial charge in [-0.1, -0.05) is 0 Å². The lowest BCUT2D eigenvalue weighted by Crippen LogP contribution is -2.55. The van der Waals surface area contributed by atoms with Gasteiger partial charge in [-0.2, -0.15) is 13.2 Å². The van der Waals surface area contributed by atoms with Crippen LogP contribution < -0.4 is 5.73 Å². The number of aromatic nitrogens is 1. The van der Waals surface area contributed by atoms with Crippen LogP contribution in [0.5, 0.6) is 0 Å². The van der Waals surface area contributed by atoms with Gasteiger partial charge in [0.05, 0.1) is 18.2 Å². The normalized spacial score (nSPS) is 28.7. The molecular formula is C21H26F5N5O. The van der Waals surface area contributed by atoms with Gasteiger partial charge in [0.15, 0.2) is 0 Å². The molecule has 32 heavy (non-hydrogen) atoms. The van der Waals surface area contributed by atoms with Crippen LogP contribution >= 0.6 is 0 Å². The van der Waals surface area contributed by atoms with Crippen molar-refractivity contribution in [3.05, 3.63) is 23.4 Å². The number of hydrogen-bond donors (Lipinski definition) is 2. The third-order valence-electron chi connectivity index (χ3n) is 6.89. The summed E-state index contributed by atoms with van der Waals surface area (Å²) < 4.78 is 70.3. The second-order valence-electron chi connectivity index (χ2n) is 8.82. The molecule has 1 aromatic rings. The largest absolute Gasteiger partial charge is 0.419 e. The molecule has 4 rings (SSSR count). The average Bonchev–Trinajstić information content (AvgIpc) is 3.16. The number of nitrogen functional groups attached to an aromatic ring is 1. The van der Waals surface area contributed by atoms with E-state index in [2.05, 4.69) is 14.9 Å². The van der Waals surface area contributed by atoms with E-state index in [1.807, 2.05) is 0 Å². The van der Waals surface area contributed by atoms with Crippen molar-refractivity contribution >= 4 is 17.2 Å². The first-order valence-electron chi connectivity index (χ1n) is 10.6. The maximum absolute atomic E-state index is 13.1. The maximum Gasteiger partial charge on any atom is 0.419 e. The molecule has 11 heteroatoms. The topological polar surface area (TPSA) is 87.6 Å². The number of alkyl halides is 5. The molecule has 1 aromatic heterocycles. The molecule has 0 radical (unpaired) electrons. The molecule has 2 unspecified atom stereocenters. The quantitative estimate of drug-likeness (QED) is 0.460. The lowest BCUT2D eigenvalue weighted by Gasteiger charge is -2.43. The minimum absolute atomic E-state index is 0.00803. The molecule has 3 fully saturated rings. The molecule has 0 spiro atoms. The minimum atomic E-state index is -4.69. The Morgan fingerprint density at radius 3 is 2.53 bits per heavy atom. The zero-order valence-electron chi connectivity index (χ0n) is 17.6. The van der Waals surface area contributed by atoms with Crippen molar-refractivity contribution < 1.29 is 26.7 Å². The molecule has 176 valence electrons. The number of fused-ring (bicyclic) bond motifs is 1. The van der Waals surface area contributed by atoms with Crippen molar-refractivity contribution in [2.45, 2.75) is 44.0 Å². The number of rotatable bonds is 8. The Morgan fingerprint density at radius 2 is 1.97 bits per heavy atom. The summed E-state index contributed by atoms with van der Waals surface area (Å²) in [6, 6.07) is 1.23. The number of ether oxygens (including phenoxy) is 1. The highest BCUT2D eigenvalue weighted by molar-refractivity contribution is 6.12. The summed E-state index contributed by atoms with van der Waals surface area (Å²) in [5, 5.41) is 8.30. The van der Waals surface area contributed by atoms with Crippen LogP contribution in [-0.4, -0.2) is 66.6 Å².